The highest BCUT2D eigenvalue weighted by Crippen LogP contribution is 2.26. The Morgan fingerprint density at radius 3 is 2.64 bits per heavy atom. The van der Waals surface area contributed by atoms with Crippen molar-refractivity contribution in [1.82, 2.24) is 9.97 Å². The Bertz CT molecular complexity index is 740. The molecule has 1 N–H and O–H groups in total. The van der Waals surface area contributed by atoms with E-state index in [1.165, 1.54) is 26.5 Å². The van der Waals surface area contributed by atoms with Gasteiger partial charge in [0.1, 0.15) is 22.3 Å². The molecule has 8 heteroatoms. The van der Waals surface area contributed by atoms with E-state index in [4.69, 9.17) is 9.47 Å². The zero-order valence-electron chi connectivity index (χ0n) is 12.5. The van der Waals surface area contributed by atoms with E-state index in [-0.39, 0.29) is 16.5 Å². The van der Waals surface area contributed by atoms with Crippen LogP contribution >= 0.6 is 0 Å². The van der Waals surface area contributed by atoms with E-state index in [1.807, 2.05) is 0 Å². The molecule has 0 radical (unpaired) electrons. The third-order valence-corrected chi connectivity index (χ3v) is 4.71. The molecule has 0 aromatic carbocycles. The lowest BCUT2D eigenvalue weighted by molar-refractivity contribution is 0.383. The average Bonchev–Trinajstić information content (AvgIpc) is 2.54. The lowest BCUT2D eigenvalue weighted by Crippen LogP contribution is -2.09. The first-order valence-electron chi connectivity index (χ1n) is 6.55. The zero-order valence-corrected chi connectivity index (χ0v) is 13.3. The molecular formula is C14H17N3O4S. The molecule has 0 aliphatic rings. The van der Waals surface area contributed by atoms with Crippen molar-refractivity contribution < 1.29 is 17.9 Å². The van der Waals surface area contributed by atoms with Crippen LogP contribution in [0.2, 0.25) is 0 Å². The Kier molecular flexibility index (Phi) is 4.81. The number of anilines is 2. The third-order valence-electron chi connectivity index (χ3n) is 2.95. The molecule has 0 saturated carbocycles. The lowest BCUT2D eigenvalue weighted by atomic mass is 10.4. The van der Waals surface area contributed by atoms with Crippen molar-refractivity contribution in [2.45, 2.75) is 11.8 Å². The van der Waals surface area contributed by atoms with Crippen molar-refractivity contribution in [3.05, 3.63) is 30.5 Å². The number of sulfone groups is 1. The SMILES string of the molecule is CCS(=O)(=O)c1cccnc1Nc1cc(OC)cc(OC)n1. The average molecular weight is 323 g/mol. The highest BCUT2D eigenvalue weighted by atomic mass is 32.2. The first kappa shape index (κ1) is 16.0. The Labute approximate surface area is 129 Å². The number of hydrogen-bond donors (Lipinski definition) is 1. The Balaban J connectivity index is 2.44. The molecule has 7 nitrogen and oxygen atoms in total. The number of nitrogens with zero attached hydrogens (tertiary/aromatic N) is 2. The second-order valence-electron chi connectivity index (χ2n) is 4.31. The number of methoxy groups -OCH3 is 2. The van der Waals surface area contributed by atoms with Crippen LogP contribution in [-0.2, 0) is 9.84 Å². The molecule has 0 atom stereocenters. The minimum atomic E-state index is -3.40. The first-order valence-corrected chi connectivity index (χ1v) is 8.20. The fourth-order valence-electron chi connectivity index (χ4n) is 1.78. The van der Waals surface area contributed by atoms with Gasteiger partial charge in [-0.3, -0.25) is 0 Å². The Hall–Kier alpha value is -2.35. The fourth-order valence-corrected chi connectivity index (χ4v) is 2.78. The van der Waals surface area contributed by atoms with Crippen LogP contribution in [0, 0.1) is 0 Å². The molecule has 0 amide bonds. The van der Waals surface area contributed by atoms with Crippen LogP contribution in [-0.4, -0.2) is 38.4 Å². The van der Waals surface area contributed by atoms with Gasteiger partial charge in [0, 0.05) is 18.3 Å². The van der Waals surface area contributed by atoms with Crippen LogP contribution in [0.4, 0.5) is 11.6 Å². The maximum Gasteiger partial charge on any atom is 0.218 e. The maximum atomic E-state index is 12.1. The minimum absolute atomic E-state index is 0.0117. The monoisotopic (exact) mass is 323 g/mol. The van der Waals surface area contributed by atoms with Gasteiger partial charge in [-0.05, 0) is 12.1 Å². The van der Waals surface area contributed by atoms with Crippen LogP contribution in [0.1, 0.15) is 6.92 Å². The van der Waals surface area contributed by atoms with Crippen molar-refractivity contribution in [2.24, 2.45) is 0 Å². The fraction of sp³-hybridized carbons (Fsp3) is 0.286. The molecule has 22 heavy (non-hydrogen) atoms. The Morgan fingerprint density at radius 2 is 2.00 bits per heavy atom. The molecule has 2 aromatic rings. The van der Waals surface area contributed by atoms with E-state index >= 15 is 0 Å². The normalized spacial score (nSPS) is 11.0. The minimum Gasteiger partial charge on any atom is -0.496 e. The number of ether oxygens (including phenoxy) is 2. The zero-order chi connectivity index (χ0) is 16.2. The summed E-state index contributed by atoms with van der Waals surface area (Å²) in [4.78, 5) is 8.41. The number of rotatable bonds is 6. The molecule has 2 aromatic heterocycles. The second kappa shape index (κ2) is 6.61. The number of aromatic nitrogens is 2. The topological polar surface area (TPSA) is 90.4 Å². The van der Waals surface area contributed by atoms with Crippen LogP contribution in [0.15, 0.2) is 35.4 Å². The highest BCUT2D eigenvalue weighted by Gasteiger charge is 2.18. The molecule has 0 unspecified atom stereocenters. The molecule has 0 spiro atoms. The molecule has 118 valence electrons. The first-order chi connectivity index (χ1) is 10.5. The summed E-state index contributed by atoms with van der Waals surface area (Å²) in [5, 5.41) is 2.90. The van der Waals surface area contributed by atoms with Gasteiger partial charge in [-0.15, -0.1) is 0 Å². The largest absolute Gasteiger partial charge is 0.496 e. The van der Waals surface area contributed by atoms with E-state index in [0.29, 0.717) is 17.4 Å². The number of nitrogens with one attached hydrogen (secondary N) is 1. The number of hydrogen-bond acceptors (Lipinski definition) is 7. The van der Waals surface area contributed by atoms with Crippen LogP contribution in [0.3, 0.4) is 0 Å². The second-order valence-corrected chi connectivity index (χ2v) is 6.56. The number of pyridine rings is 2. The van der Waals surface area contributed by atoms with Gasteiger partial charge in [0.15, 0.2) is 9.84 Å². The molecule has 0 aliphatic heterocycles. The van der Waals surface area contributed by atoms with Gasteiger partial charge < -0.3 is 14.8 Å². The van der Waals surface area contributed by atoms with E-state index in [2.05, 4.69) is 15.3 Å². The summed E-state index contributed by atoms with van der Waals surface area (Å²) in [5.74, 6) is 1.46. The van der Waals surface area contributed by atoms with Gasteiger partial charge in [-0.1, -0.05) is 6.92 Å². The van der Waals surface area contributed by atoms with E-state index in [0.717, 1.165) is 0 Å². The molecule has 2 rings (SSSR count). The molecule has 0 fully saturated rings. The summed E-state index contributed by atoms with van der Waals surface area (Å²) >= 11 is 0. The highest BCUT2D eigenvalue weighted by molar-refractivity contribution is 7.91. The summed E-state index contributed by atoms with van der Waals surface area (Å²) in [7, 11) is -0.390. The molecule has 2 heterocycles. The predicted octanol–water partition coefficient (Wildman–Crippen LogP) is 2.03. The molecule has 0 bridgehead atoms. The molecule has 0 saturated heterocycles. The van der Waals surface area contributed by atoms with E-state index in [9.17, 15) is 8.42 Å². The van der Waals surface area contributed by atoms with Gasteiger partial charge in [0.05, 0.1) is 20.0 Å². The van der Waals surface area contributed by atoms with Crippen LogP contribution in [0.5, 0.6) is 11.6 Å². The van der Waals surface area contributed by atoms with Gasteiger partial charge in [-0.25, -0.2) is 13.4 Å². The predicted molar refractivity (Wildman–Crippen MR) is 82.6 cm³/mol. The maximum absolute atomic E-state index is 12.1. The molecular weight excluding hydrogens is 306 g/mol. The summed E-state index contributed by atoms with van der Waals surface area (Å²) in [6, 6.07) is 6.33. The van der Waals surface area contributed by atoms with E-state index in [1.54, 1.807) is 25.1 Å². The van der Waals surface area contributed by atoms with E-state index < -0.39 is 9.84 Å². The van der Waals surface area contributed by atoms with Gasteiger partial charge >= 0.3 is 0 Å². The third kappa shape index (κ3) is 3.45. The summed E-state index contributed by atoms with van der Waals surface area (Å²) in [6.45, 7) is 1.58. The van der Waals surface area contributed by atoms with Gasteiger partial charge in [0.2, 0.25) is 5.88 Å². The van der Waals surface area contributed by atoms with Crippen LogP contribution < -0.4 is 14.8 Å². The Morgan fingerprint density at radius 1 is 1.23 bits per heavy atom. The standard InChI is InChI=1S/C14H17N3O4S/c1-4-22(18,19)11-6-5-7-15-14(11)17-12-8-10(20-2)9-13(16-12)21-3/h5-9H,4H2,1-3H3,(H,15,16,17). The van der Waals surface area contributed by atoms with Crippen molar-refractivity contribution in [1.29, 1.82) is 0 Å². The summed E-state index contributed by atoms with van der Waals surface area (Å²) in [6.07, 6.45) is 1.51. The lowest BCUT2D eigenvalue weighted by Gasteiger charge is -2.12. The summed E-state index contributed by atoms with van der Waals surface area (Å²) in [5.41, 5.74) is 0. The van der Waals surface area contributed by atoms with Gasteiger partial charge in [-0.2, -0.15) is 4.98 Å². The van der Waals surface area contributed by atoms with Crippen molar-refractivity contribution >= 4 is 21.5 Å². The summed E-state index contributed by atoms with van der Waals surface area (Å²) < 4.78 is 34.5. The van der Waals surface area contributed by atoms with Crippen LogP contribution in [0.25, 0.3) is 0 Å². The van der Waals surface area contributed by atoms with Crippen molar-refractivity contribution in [2.75, 3.05) is 25.3 Å². The van der Waals surface area contributed by atoms with Crippen molar-refractivity contribution in [3.8, 4) is 11.6 Å². The molecule has 0 aliphatic carbocycles. The van der Waals surface area contributed by atoms with Crippen molar-refractivity contribution in [3.63, 3.8) is 0 Å². The smallest absolute Gasteiger partial charge is 0.218 e. The van der Waals surface area contributed by atoms with Gasteiger partial charge in [0.25, 0.3) is 0 Å². The quantitative estimate of drug-likeness (QED) is 0.869.